The molecule has 0 unspecified atom stereocenters. The second-order valence-corrected chi connectivity index (χ2v) is 9.74. The predicted molar refractivity (Wildman–Crippen MR) is 144 cm³/mol. The van der Waals surface area contributed by atoms with E-state index >= 15 is 0 Å². The Kier molecular flexibility index (Phi) is 9.42. The summed E-state index contributed by atoms with van der Waals surface area (Å²) in [6.45, 7) is 6.26. The van der Waals surface area contributed by atoms with Gasteiger partial charge >= 0.3 is 0 Å². The minimum absolute atomic E-state index is 0.0165. The second-order valence-electron chi connectivity index (χ2n) is 9.74. The number of benzene rings is 2. The average Bonchev–Trinajstić information content (AvgIpc) is 2.85. The van der Waals surface area contributed by atoms with Crippen molar-refractivity contribution in [3.63, 3.8) is 0 Å². The molecule has 0 fully saturated rings. The number of para-hydroxylation sites is 1. The Morgan fingerprint density at radius 2 is 1.58 bits per heavy atom. The van der Waals surface area contributed by atoms with Gasteiger partial charge in [-0.3, -0.25) is 9.59 Å². The quantitative estimate of drug-likeness (QED) is 0.270. The summed E-state index contributed by atoms with van der Waals surface area (Å²) in [6.07, 6.45) is 3.45. The summed E-state index contributed by atoms with van der Waals surface area (Å²) in [5.74, 6) is 6.83. The Hall–Kier alpha value is -3.45. The molecule has 0 saturated carbocycles. The number of nitrogens with zero attached hydrogens (tertiary/aromatic N) is 2. The van der Waals surface area contributed by atoms with Crippen LogP contribution in [-0.4, -0.2) is 29.0 Å². The molecule has 0 saturated heterocycles. The maximum absolute atomic E-state index is 13.3. The third kappa shape index (κ3) is 6.61. The van der Waals surface area contributed by atoms with Crippen LogP contribution in [0, 0.1) is 5.92 Å². The number of hydrogen-bond acceptors (Lipinski definition) is 6. The molecule has 3 rings (SSSR count). The van der Waals surface area contributed by atoms with E-state index in [1.807, 2.05) is 62.4 Å². The molecule has 7 heteroatoms. The molecule has 2 aromatic rings. The highest BCUT2D eigenvalue weighted by Crippen LogP contribution is 2.37. The number of hydrazine groups is 1. The summed E-state index contributed by atoms with van der Waals surface area (Å²) in [6, 6.07) is 15.4. The van der Waals surface area contributed by atoms with Crippen LogP contribution in [0.4, 0.5) is 5.69 Å². The second kappa shape index (κ2) is 12.5. The zero-order chi connectivity index (χ0) is 26.2. The van der Waals surface area contributed by atoms with E-state index < -0.39 is 0 Å². The number of anilines is 1. The van der Waals surface area contributed by atoms with Crippen molar-refractivity contribution in [3.05, 3.63) is 65.2 Å². The molecule has 1 amide bonds. The minimum Gasteiger partial charge on any atom is -0.396 e. The number of Topliss-reactive ketones (excluding diaryl/α,β-unsaturated/α-hetero) is 2. The molecule has 0 aromatic heterocycles. The number of carbonyl (C=O) groups excluding carboxylic acids is 3. The maximum atomic E-state index is 13.3. The van der Waals surface area contributed by atoms with Crippen LogP contribution in [0.2, 0.25) is 0 Å². The van der Waals surface area contributed by atoms with E-state index in [0.717, 1.165) is 41.6 Å². The fourth-order valence-corrected chi connectivity index (χ4v) is 4.47. The van der Waals surface area contributed by atoms with Crippen molar-refractivity contribution < 1.29 is 14.4 Å². The van der Waals surface area contributed by atoms with Crippen LogP contribution in [0.15, 0.2) is 48.5 Å². The Labute approximate surface area is 214 Å². The lowest BCUT2D eigenvalue weighted by atomic mass is 9.95. The van der Waals surface area contributed by atoms with Gasteiger partial charge in [0.15, 0.2) is 0 Å². The van der Waals surface area contributed by atoms with Gasteiger partial charge in [0.1, 0.15) is 11.6 Å². The monoisotopic (exact) mass is 490 g/mol. The first-order valence-electron chi connectivity index (χ1n) is 12.7. The summed E-state index contributed by atoms with van der Waals surface area (Å²) in [4.78, 5) is 38.5. The standard InChI is InChI=1S/C29H38N4O3/c1-20(2)26(35)15-5-4-10-18-33(31)29-24-13-8-9-14-25(24)32(27(36)17-16-21(3)34)19-22-11-6-7-12-23(22)28(29)30/h6-9,11-14,20H,4-5,10,15-19,30-31H2,1-3H3/b29-28-. The van der Waals surface area contributed by atoms with Gasteiger partial charge in [-0.2, -0.15) is 0 Å². The van der Waals surface area contributed by atoms with Gasteiger partial charge in [-0.15, -0.1) is 0 Å². The van der Waals surface area contributed by atoms with Gasteiger partial charge in [0.25, 0.3) is 0 Å². The Morgan fingerprint density at radius 3 is 2.28 bits per heavy atom. The lowest BCUT2D eigenvalue weighted by Gasteiger charge is -2.33. The molecular formula is C29H38N4O3. The highest BCUT2D eigenvalue weighted by Gasteiger charge is 2.27. The molecule has 192 valence electrons. The van der Waals surface area contributed by atoms with Crippen LogP contribution in [0.1, 0.15) is 76.0 Å². The molecule has 7 nitrogen and oxygen atoms in total. The summed E-state index contributed by atoms with van der Waals surface area (Å²) in [7, 11) is 0. The number of unbranched alkanes of at least 4 members (excludes halogenated alkanes) is 2. The minimum atomic E-state index is -0.120. The zero-order valence-corrected chi connectivity index (χ0v) is 21.6. The molecule has 36 heavy (non-hydrogen) atoms. The van der Waals surface area contributed by atoms with Crippen LogP contribution in [0.5, 0.6) is 0 Å². The van der Waals surface area contributed by atoms with E-state index in [4.69, 9.17) is 11.6 Å². The third-order valence-corrected chi connectivity index (χ3v) is 6.59. The maximum Gasteiger partial charge on any atom is 0.227 e. The summed E-state index contributed by atoms with van der Waals surface area (Å²) < 4.78 is 0. The van der Waals surface area contributed by atoms with Crippen molar-refractivity contribution in [1.29, 1.82) is 0 Å². The molecule has 0 atom stereocenters. The van der Waals surface area contributed by atoms with Gasteiger partial charge in [-0.25, -0.2) is 5.84 Å². The Balaban J connectivity index is 1.93. The zero-order valence-electron chi connectivity index (χ0n) is 21.6. The van der Waals surface area contributed by atoms with Crippen molar-refractivity contribution >= 4 is 34.6 Å². The Bertz CT molecular complexity index is 1140. The molecule has 0 aliphatic carbocycles. The van der Waals surface area contributed by atoms with Gasteiger partial charge in [-0.1, -0.05) is 62.7 Å². The molecule has 2 aromatic carbocycles. The summed E-state index contributed by atoms with van der Waals surface area (Å²) >= 11 is 0. The van der Waals surface area contributed by atoms with E-state index in [-0.39, 0.29) is 36.2 Å². The first-order valence-corrected chi connectivity index (χ1v) is 12.7. The highest BCUT2D eigenvalue weighted by molar-refractivity contribution is 6.01. The average molecular weight is 491 g/mol. The Morgan fingerprint density at radius 1 is 0.917 bits per heavy atom. The number of amides is 1. The number of nitrogens with two attached hydrogens (primary N) is 2. The molecule has 0 spiro atoms. The number of carbonyl (C=O) groups is 3. The first-order chi connectivity index (χ1) is 17.2. The van der Waals surface area contributed by atoms with Crippen LogP contribution < -0.4 is 16.5 Å². The van der Waals surface area contributed by atoms with Crippen LogP contribution in [-0.2, 0) is 20.9 Å². The lowest BCUT2D eigenvalue weighted by Crippen LogP contribution is -2.37. The molecule has 0 bridgehead atoms. The van der Waals surface area contributed by atoms with Crippen molar-refractivity contribution in [2.24, 2.45) is 17.5 Å². The van der Waals surface area contributed by atoms with E-state index in [9.17, 15) is 14.4 Å². The van der Waals surface area contributed by atoms with Gasteiger partial charge < -0.3 is 20.4 Å². The summed E-state index contributed by atoms with van der Waals surface area (Å²) in [5.41, 5.74) is 11.2. The molecular weight excluding hydrogens is 452 g/mol. The van der Waals surface area contributed by atoms with Crippen molar-refractivity contribution in [3.8, 4) is 0 Å². The molecule has 1 aliphatic heterocycles. The van der Waals surface area contributed by atoms with Gasteiger partial charge in [0.2, 0.25) is 5.91 Å². The number of ketones is 2. The largest absolute Gasteiger partial charge is 0.396 e. The van der Waals surface area contributed by atoms with E-state index in [0.29, 0.717) is 30.9 Å². The van der Waals surface area contributed by atoms with Crippen LogP contribution in [0.25, 0.3) is 11.4 Å². The fraction of sp³-hybridized carbons (Fsp3) is 0.414. The first kappa shape index (κ1) is 27.1. The SMILES string of the molecule is CC(=O)CCC(=O)N1Cc2ccccc2/C(N)=C(/N(N)CCCCCC(=O)C(C)C)c2ccccc21. The van der Waals surface area contributed by atoms with E-state index in [1.54, 1.807) is 9.91 Å². The lowest BCUT2D eigenvalue weighted by molar-refractivity contribution is -0.123. The number of hydrogen-bond donors (Lipinski definition) is 2. The van der Waals surface area contributed by atoms with Crippen LogP contribution in [0.3, 0.4) is 0 Å². The normalized spacial score (nSPS) is 15.1. The third-order valence-electron chi connectivity index (χ3n) is 6.59. The van der Waals surface area contributed by atoms with Crippen molar-refractivity contribution in [2.45, 2.75) is 65.8 Å². The number of fused-ring (bicyclic) bond motifs is 2. The van der Waals surface area contributed by atoms with E-state index in [2.05, 4.69) is 0 Å². The molecule has 0 radical (unpaired) electrons. The van der Waals surface area contributed by atoms with Crippen molar-refractivity contribution in [1.82, 2.24) is 5.01 Å². The van der Waals surface area contributed by atoms with Gasteiger partial charge in [0, 0.05) is 42.9 Å². The van der Waals surface area contributed by atoms with Crippen molar-refractivity contribution in [2.75, 3.05) is 11.4 Å². The fourth-order valence-electron chi connectivity index (χ4n) is 4.47. The molecule has 1 heterocycles. The van der Waals surface area contributed by atoms with Gasteiger partial charge in [0.05, 0.1) is 23.6 Å². The predicted octanol–water partition coefficient (Wildman–Crippen LogP) is 4.65. The highest BCUT2D eigenvalue weighted by atomic mass is 16.2. The molecule has 1 aliphatic rings. The topological polar surface area (TPSA) is 110 Å². The van der Waals surface area contributed by atoms with E-state index in [1.165, 1.54) is 6.92 Å². The smallest absolute Gasteiger partial charge is 0.227 e. The number of rotatable bonds is 11. The molecule has 4 N–H and O–H groups in total. The van der Waals surface area contributed by atoms with Gasteiger partial charge in [-0.05, 0) is 31.4 Å². The van der Waals surface area contributed by atoms with Crippen LogP contribution >= 0.6 is 0 Å². The summed E-state index contributed by atoms with van der Waals surface area (Å²) in [5, 5.41) is 1.67.